The second-order valence-electron chi connectivity index (χ2n) is 5.46. The van der Waals surface area contributed by atoms with Gasteiger partial charge in [0.2, 0.25) is 5.95 Å². The fraction of sp³-hybridized carbons (Fsp3) is 0.357. The van der Waals surface area contributed by atoms with E-state index in [1.54, 1.807) is 12.4 Å². The number of aromatic nitrogens is 6. The van der Waals surface area contributed by atoms with Crippen LogP contribution in [0.5, 0.6) is 0 Å². The van der Waals surface area contributed by atoms with Crippen molar-refractivity contribution in [3.63, 3.8) is 0 Å². The summed E-state index contributed by atoms with van der Waals surface area (Å²) in [5.74, 6) is 1.28. The topological polar surface area (TPSA) is 98.6 Å². The van der Waals surface area contributed by atoms with Crippen LogP contribution in [0.25, 0.3) is 11.0 Å². The Balaban J connectivity index is 1.59. The van der Waals surface area contributed by atoms with Crippen LogP contribution in [0.4, 0.5) is 11.8 Å². The van der Waals surface area contributed by atoms with Gasteiger partial charge in [-0.15, -0.1) is 0 Å². The Morgan fingerprint density at radius 1 is 1.09 bits per heavy atom. The average Bonchev–Trinajstić information content (AvgIpc) is 2.94. The molecule has 0 radical (unpaired) electrons. The molecule has 0 atom stereocenters. The highest BCUT2D eigenvalue weighted by Gasteiger charge is 2.25. The molecule has 0 aromatic carbocycles. The van der Waals surface area contributed by atoms with Gasteiger partial charge in [0, 0.05) is 25.5 Å². The number of nitrogen functional groups attached to an aromatic ring is 1. The Hall–Kier alpha value is -2.04. The summed E-state index contributed by atoms with van der Waals surface area (Å²) in [4.78, 5) is 19.3. The second-order valence-corrected chi connectivity index (χ2v) is 6.48. The van der Waals surface area contributed by atoms with Crippen molar-refractivity contribution < 1.29 is 0 Å². The SMILES string of the molecule is Nc1ncnc2c1c(I)nn2C1CCN(c2ncccn2)CC1. The molecule has 0 saturated carbocycles. The standard InChI is InChI=1S/C14H15IN8/c15-11-10-12(16)19-8-20-13(10)23(21-11)9-2-6-22(7-3-9)14-17-4-1-5-18-14/h1,4-5,8-9H,2-3,6-7H2,(H2,16,19,20). The molecule has 1 saturated heterocycles. The Labute approximate surface area is 146 Å². The third-order valence-electron chi connectivity index (χ3n) is 4.12. The average molecular weight is 422 g/mol. The molecule has 1 fully saturated rings. The lowest BCUT2D eigenvalue weighted by molar-refractivity contribution is 0.371. The molecule has 4 rings (SSSR count). The van der Waals surface area contributed by atoms with Crippen LogP contribution in [0, 0.1) is 3.70 Å². The van der Waals surface area contributed by atoms with Gasteiger partial charge in [-0.1, -0.05) is 0 Å². The van der Waals surface area contributed by atoms with E-state index in [0.717, 1.165) is 46.6 Å². The fourth-order valence-corrected chi connectivity index (χ4v) is 3.72. The summed E-state index contributed by atoms with van der Waals surface area (Å²) in [6.45, 7) is 1.79. The normalized spacial score (nSPS) is 16.1. The van der Waals surface area contributed by atoms with E-state index < -0.39 is 0 Å². The van der Waals surface area contributed by atoms with E-state index in [4.69, 9.17) is 5.73 Å². The highest BCUT2D eigenvalue weighted by molar-refractivity contribution is 14.1. The van der Waals surface area contributed by atoms with Gasteiger partial charge >= 0.3 is 0 Å². The quantitative estimate of drug-likeness (QED) is 0.627. The molecule has 118 valence electrons. The molecule has 9 heteroatoms. The van der Waals surface area contributed by atoms with Crippen molar-refractivity contribution in [2.24, 2.45) is 0 Å². The maximum Gasteiger partial charge on any atom is 0.225 e. The van der Waals surface area contributed by atoms with Crippen LogP contribution in [0.1, 0.15) is 18.9 Å². The molecule has 0 aliphatic carbocycles. The first-order chi connectivity index (χ1) is 11.2. The Kier molecular flexibility index (Phi) is 3.71. The van der Waals surface area contributed by atoms with Gasteiger partial charge in [-0.25, -0.2) is 24.6 Å². The molecule has 0 bridgehead atoms. The van der Waals surface area contributed by atoms with Crippen molar-refractivity contribution in [1.82, 2.24) is 29.7 Å². The zero-order chi connectivity index (χ0) is 15.8. The summed E-state index contributed by atoms with van der Waals surface area (Å²) >= 11 is 2.19. The number of piperidine rings is 1. The van der Waals surface area contributed by atoms with Crippen LogP contribution in [0.15, 0.2) is 24.8 Å². The summed E-state index contributed by atoms with van der Waals surface area (Å²) < 4.78 is 2.85. The van der Waals surface area contributed by atoms with E-state index in [-0.39, 0.29) is 0 Å². The number of rotatable bonds is 2. The number of hydrogen-bond donors (Lipinski definition) is 1. The van der Waals surface area contributed by atoms with Gasteiger partial charge in [-0.2, -0.15) is 5.10 Å². The number of nitrogens with zero attached hydrogens (tertiary/aromatic N) is 7. The van der Waals surface area contributed by atoms with Crippen LogP contribution >= 0.6 is 22.6 Å². The highest BCUT2D eigenvalue weighted by Crippen LogP contribution is 2.30. The number of fused-ring (bicyclic) bond motifs is 1. The Bertz CT molecular complexity index is 825. The molecule has 1 aliphatic heterocycles. The molecule has 2 N–H and O–H groups in total. The lowest BCUT2D eigenvalue weighted by Crippen LogP contribution is -2.36. The van der Waals surface area contributed by atoms with Crippen LogP contribution in [-0.2, 0) is 0 Å². The summed E-state index contributed by atoms with van der Waals surface area (Å²) in [7, 11) is 0. The van der Waals surface area contributed by atoms with Gasteiger partial charge in [-0.3, -0.25) is 0 Å². The van der Waals surface area contributed by atoms with Crippen molar-refractivity contribution in [3.05, 3.63) is 28.5 Å². The van der Waals surface area contributed by atoms with Crippen molar-refractivity contribution in [1.29, 1.82) is 0 Å². The van der Waals surface area contributed by atoms with Crippen LogP contribution in [0.3, 0.4) is 0 Å². The van der Waals surface area contributed by atoms with Gasteiger partial charge in [-0.05, 0) is 41.5 Å². The van der Waals surface area contributed by atoms with E-state index in [1.165, 1.54) is 6.33 Å². The molecular formula is C14H15IN8. The summed E-state index contributed by atoms with van der Waals surface area (Å²) in [5.41, 5.74) is 6.78. The predicted molar refractivity (Wildman–Crippen MR) is 95.0 cm³/mol. The predicted octanol–water partition coefficient (Wildman–Crippen LogP) is 1.64. The maximum atomic E-state index is 5.96. The van der Waals surface area contributed by atoms with E-state index in [1.807, 2.05) is 10.7 Å². The summed E-state index contributed by atoms with van der Waals surface area (Å²) in [5, 5.41) is 5.49. The van der Waals surface area contributed by atoms with E-state index >= 15 is 0 Å². The zero-order valence-electron chi connectivity index (χ0n) is 12.3. The van der Waals surface area contributed by atoms with Gasteiger partial charge in [0.05, 0.1) is 11.4 Å². The van der Waals surface area contributed by atoms with Gasteiger partial charge in [0.15, 0.2) is 5.65 Å². The van der Waals surface area contributed by atoms with Crippen LogP contribution in [0.2, 0.25) is 0 Å². The largest absolute Gasteiger partial charge is 0.383 e. The lowest BCUT2D eigenvalue weighted by atomic mass is 10.1. The number of hydrogen-bond acceptors (Lipinski definition) is 7. The molecule has 0 spiro atoms. The molecular weight excluding hydrogens is 407 g/mol. The molecule has 0 amide bonds. The van der Waals surface area contributed by atoms with Crippen LogP contribution in [-0.4, -0.2) is 42.8 Å². The lowest BCUT2D eigenvalue weighted by Gasteiger charge is -2.32. The first-order valence-electron chi connectivity index (χ1n) is 7.40. The fourth-order valence-electron chi connectivity index (χ4n) is 2.97. The molecule has 8 nitrogen and oxygen atoms in total. The van der Waals surface area contributed by atoms with Crippen molar-refractivity contribution >= 4 is 45.4 Å². The molecule has 3 aromatic heterocycles. The third kappa shape index (κ3) is 2.58. The first-order valence-corrected chi connectivity index (χ1v) is 8.48. The van der Waals surface area contributed by atoms with Crippen molar-refractivity contribution in [2.45, 2.75) is 18.9 Å². The van der Waals surface area contributed by atoms with Gasteiger partial charge in [0.1, 0.15) is 15.8 Å². The van der Waals surface area contributed by atoms with E-state index in [2.05, 4.69) is 52.5 Å². The second kappa shape index (κ2) is 5.87. The van der Waals surface area contributed by atoms with Gasteiger partial charge in [0.25, 0.3) is 0 Å². The van der Waals surface area contributed by atoms with Crippen molar-refractivity contribution in [2.75, 3.05) is 23.7 Å². The number of anilines is 2. The molecule has 0 unspecified atom stereocenters. The van der Waals surface area contributed by atoms with Crippen molar-refractivity contribution in [3.8, 4) is 0 Å². The summed E-state index contributed by atoms with van der Waals surface area (Å²) in [6.07, 6.45) is 6.98. The minimum absolute atomic E-state index is 0.301. The summed E-state index contributed by atoms with van der Waals surface area (Å²) in [6, 6.07) is 2.13. The Morgan fingerprint density at radius 3 is 2.57 bits per heavy atom. The number of nitrogens with two attached hydrogens (primary N) is 1. The van der Waals surface area contributed by atoms with Crippen LogP contribution < -0.4 is 10.6 Å². The Morgan fingerprint density at radius 2 is 1.83 bits per heavy atom. The molecule has 3 aromatic rings. The highest BCUT2D eigenvalue weighted by atomic mass is 127. The monoisotopic (exact) mass is 422 g/mol. The minimum atomic E-state index is 0.301. The molecule has 4 heterocycles. The van der Waals surface area contributed by atoms with Gasteiger partial charge < -0.3 is 10.6 Å². The zero-order valence-corrected chi connectivity index (χ0v) is 14.5. The third-order valence-corrected chi connectivity index (χ3v) is 4.88. The van der Waals surface area contributed by atoms with E-state index in [9.17, 15) is 0 Å². The number of halogens is 1. The first kappa shape index (κ1) is 14.5. The van der Waals surface area contributed by atoms with E-state index in [0.29, 0.717) is 11.9 Å². The molecule has 23 heavy (non-hydrogen) atoms. The molecule has 1 aliphatic rings. The minimum Gasteiger partial charge on any atom is -0.383 e. The maximum absolute atomic E-state index is 5.96. The smallest absolute Gasteiger partial charge is 0.225 e.